The SMILES string of the molecule is CO[C@]1(C)CC[C@@H](C=O)[C@@H](C)O1. The van der Waals surface area contributed by atoms with Gasteiger partial charge in [-0.15, -0.1) is 0 Å². The first-order valence-corrected chi connectivity index (χ1v) is 4.29. The molecule has 0 amide bonds. The van der Waals surface area contributed by atoms with Crippen LogP contribution in [-0.2, 0) is 14.3 Å². The molecule has 0 saturated carbocycles. The van der Waals surface area contributed by atoms with Crippen molar-refractivity contribution in [1.82, 2.24) is 0 Å². The van der Waals surface area contributed by atoms with Crippen LogP contribution in [-0.4, -0.2) is 25.3 Å². The molecule has 3 nitrogen and oxygen atoms in total. The van der Waals surface area contributed by atoms with E-state index in [0.717, 1.165) is 19.1 Å². The Labute approximate surface area is 73.0 Å². The highest BCUT2D eigenvalue weighted by atomic mass is 16.7. The van der Waals surface area contributed by atoms with E-state index in [0.29, 0.717) is 0 Å². The van der Waals surface area contributed by atoms with E-state index in [1.165, 1.54) is 0 Å². The van der Waals surface area contributed by atoms with Crippen molar-refractivity contribution in [3.8, 4) is 0 Å². The Hall–Kier alpha value is -0.410. The fraction of sp³-hybridized carbons (Fsp3) is 0.889. The Kier molecular flexibility index (Phi) is 2.85. The lowest BCUT2D eigenvalue weighted by atomic mass is 9.93. The molecule has 0 aromatic carbocycles. The predicted octanol–water partition coefficient (Wildman–Crippen LogP) is 1.36. The molecule has 12 heavy (non-hydrogen) atoms. The predicted molar refractivity (Wildman–Crippen MR) is 44.7 cm³/mol. The first-order chi connectivity index (χ1) is 5.61. The zero-order valence-corrected chi connectivity index (χ0v) is 7.87. The van der Waals surface area contributed by atoms with E-state index >= 15 is 0 Å². The molecule has 0 aliphatic carbocycles. The number of hydrogen-bond donors (Lipinski definition) is 0. The first kappa shape index (κ1) is 9.68. The molecule has 1 fully saturated rings. The fourth-order valence-electron chi connectivity index (χ4n) is 1.53. The van der Waals surface area contributed by atoms with E-state index in [9.17, 15) is 4.79 Å². The molecule has 0 aromatic rings. The van der Waals surface area contributed by atoms with Crippen molar-refractivity contribution >= 4 is 6.29 Å². The van der Waals surface area contributed by atoms with Gasteiger partial charge in [0.15, 0.2) is 5.79 Å². The third-order valence-corrected chi connectivity index (χ3v) is 2.58. The smallest absolute Gasteiger partial charge is 0.165 e. The van der Waals surface area contributed by atoms with Crippen molar-refractivity contribution in [1.29, 1.82) is 0 Å². The molecule has 1 heterocycles. The number of carbonyl (C=O) groups is 1. The van der Waals surface area contributed by atoms with Crippen LogP contribution in [0.3, 0.4) is 0 Å². The van der Waals surface area contributed by atoms with Crippen LogP contribution in [0.1, 0.15) is 26.7 Å². The lowest BCUT2D eigenvalue weighted by Gasteiger charge is -2.38. The Morgan fingerprint density at radius 3 is 2.75 bits per heavy atom. The summed E-state index contributed by atoms with van der Waals surface area (Å²) in [6.45, 7) is 3.82. The minimum atomic E-state index is -0.487. The molecular formula is C9H16O3. The summed E-state index contributed by atoms with van der Waals surface area (Å²) in [5.41, 5.74) is 0. The molecule has 1 saturated heterocycles. The molecule has 3 heteroatoms. The summed E-state index contributed by atoms with van der Waals surface area (Å²) in [4.78, 5) is 10.5. The zero-order valence-electron chi connectivity index (χ0n) is 7.87. The molecule has 0 radical (unpaired) electrons. The molecule has 0 spiro atoms. The molecule has 1 aliphatic rings. The van der Waals surface area contributed by atoms with Crippen molar-refractivity contribution < 1.29 is 14.3 Å². The number of aldehydes is 1. The maximum absolute atomic E-state index is 10.5. The number of methoxy groups -OCH3 is 1. The Morgan fingerprint density at radius 2 is 2.33 bits per heavy atom. The van der Waals surface area contributed by atoms with E-state index in [1.807, 2.05) is 13.8 Å². The average molecular weight is 172 g/mol. The summed E-state index contributed by atoms with van der Waals surface area (Å²) < 4.78 is 10.8. The Bertz CT molecular complexity index is 169. The van der Waals surface area contributed by atoms with Gasteiger partial charge in [0.2, 0.25) is 0 Å². The zero-order chi connectivity index (χ0) is 9.19. The van der Waals surface area contributed by atoms with E-state index in [-0.39, 0.29) is 12.0 Å². The summed E-state index contributed by atoms with van der Waals surface area (Å²) in [6.07, 6.45) is 2.59. The molecule has 0 bridgehead atoms. The van der Waals surface area contributed by atoms with Crippen LogP contribution in [0.25, 0.3) is 0 Å². The third-order valence-electron chi connectivity index (χ3n) is 2.58. The molecule has 1 aliphatic heterocycles. The summed E-state index contributed by atoms with van der Waals surface area (Å²) in [5, 5.41) is 0. The van der Waals surface area contributed by atoms with Crippen molar-refractivity contribution in [2.75, 3.05) is 7.11 Å². The first-order valence-electron chi connectivity index (χ1n) is 4.29. The van der Waals surface area contributed by atoms with Gasteiger partial charge in [-0.25, -0.2) is 0 Å². The van der Waals surface area contributed by atoms with Gasteiger partial charge in [-0.05, 0) is 20.3 Å². The molecule has 3 atom stereocenters. The molecule has 70 valence electrons. The van der Waals surface area contributed by atoms with Crippen LogP contribution < -0.4 is 0 Å². The van der Waals surface area contributed by atoms with Crippen molar-refractivity contribution in [2.45, 2.75) is 38.6 Å². The number of carbonyl (C=O) groups excluding carboxylic acids is 1. The van der Waals surface area contributed by atoms with Crippen LogP contribution in [0.5, 0.6) is 0 Å². The topological polar surface area (TPSA) is 35.5 Å². The monoisotopic (exact) mass is 172 g/mol. The van der Waals surface area contributed by atoms with Gasteiger partial charge in [-0.2, -0.15) is 0 Å². The normalized spacial score (nSPS) is 42.6. The van der Waals surface area contributed by atoms with E-state index in [1.54, 1.807) is 7.11 Å². The van der Waals surface area contributed by atoms with Crippen LogP contribution in [0.2, 0.25) is 0 Å². The average Bonchev–Trinajstić information content (AvgIpc) is 2.05. The van der Waals surface area contributed by atoms with E-state index < -0.39 is 5.79 Å². The van der Waals surface area contributed by atoms with Crippen molar-refractivity contribution in [3.63, 3.8) is 0 Å². The Morgan fingerprint density at radius 1 is 1.67 bits per heavy atom. The van der Waals surface area contributed by atoms with Gasteiger partial charge >= 0.3 is 0 Å². The second kappa shape index (κ2) is 3.54. The summed E-state index contributed by atoms with van der Waals surface area (Å²) in [6, 6.07) is 0. The summed E-state index contributed by atoms with van der Waals surface area (Å²) >= 11 is 0. The van der Waals surface area contributed by atoms with Crippen LogP contribution in [0.4, 0.5) is 0 Å². The quantitative estimate of drug-likeness (QED) is 0.590. The van der Waals surface area contributed by atoms with Gasteiger partial charge < -0.3 is 14.3 Å². The van der Waals surface area contributed by atoms with Gasteiger partial charge in [0, 0.05) is 19.4 Å². The largest absolute Gasteiger partial charge is 0.353 e. The lowest BCUT2D eigenvalue weighted by Crippen LogP contribution is -2.43. The Balaban J connectivity index is 2.56. The number of ether oxygens (including phenoxy) is 2. The van der Waals surface area contributed by atoms with Gasteiger partial charge in [0.25, 0.3) is 0 Å². The minimum absolute atomic E-state index is 0.0267. The highest BCUT2D eigenvalue weighted by Crippen LogP contribution is 2.31. The summed E-state index contributed by atoms with van der Waals surface area (Å²) in [5.74, 6) is -0.452. The van der Waals surface area contributed by atoms with Gasteiger partial charge in [0.05, 0.1) is 6.10 Å². The van der Waals surface area contributed by atoms with Crippen molar-refractivity contribution in [2.24, 2.45) is 5.92 Å². The maximum Gasteiger partial charge on any atom is 0.165 e. The molecule has 1 rings (SSSR count). The number of hydrogen-bond acceptors (Lipinski definition) is 3. The standard InChI is InChI=1S/C9H16O3/c1-7-8(6-10)4-5-9(2,11-3)12-7/h6-8H,4-5H2,1-3H3/t7-,8+,9+/m1/s1. The second-order valence-corrected chi connectivity index (χ2v) is 3.50. The highest BCUT2D eigenvalue weighted by Gasteiger charge is 2.36. The van der Waals surface area contributed by atoms with Gasteiger partial charge in [-0.3, -0.25) is 0 Å². The minimum Gasteiger partial charge on any atom is -0.353 e. The maximum atomic E-state index is 10.5. The lowest BCUT2D eigenvalue weighted by molar-refractivity contribution is -0.262. The van der Waals surface area contributed by atoms with Gasteiger partial charge in [0.1, 0.15) is 6.29 Å². The fourth-order valence-corrected chi connectivity index (χ4v) is 1.53. The second-order valence-electron chi connectivity index (χ2n) is 3.50. The van der Waals surface area contributed by atoms with Gasteiger partial charge in [-0.1, -0.05) is 0 Å². The van der Waals surface area contributed by atoms with Crippen LogP contribution >= 0.6 is 0 Å². The van der Waals surface area contributed by atoms with E-state index in [4.69, 9.17) is 9.47 Å². The van der Waals surface area contributed by atoms with E-state index in [2.05, 4.69) is 0 Å². The van der Waals surface area contributed by atoms with Crippen LogP contribution in [0.15, 0.2) is 0 Å². The molecule has 0 unspecified atom stereocenters. The molecule has 0 aromatic heterocycles. The van der Waals surface area contributed by atoms with Crippen molar-refractivity contribution in [3.05, 3.63) is 0 Å². The number of rotatable bonds is 2. The molecular weight excluding hydrogens is 156 g/mol. The highest BCUT2D eigenvalue weighted by molar-refractivity contribution is 5.54. The van der Waals surface area contributed by atoms with Crippen LogP contribution in [0, 0.1) is 5.92 Å². The summed E-state index contributed by atoms with van der Waals surface area (Å²) in [7, 11) is 1.63. The molecule has 0 N–H and O–H groups in total. The third kappa shape index (κ3) is 1.84.